The number of anilines is 1. The number of nitrogens with two attached hydrogens (primary N) is 1. The molecule has 0 aromatic carbocycles. The molecule has 21 heavy (non-hydrogen) atoms. The standard InChI is InChI=1S/C15H20N4O2/c1-2-9-3-5-11(6-4-9)19-14(20)12-7-10(16)8-17-13(12)18-15(19)21/h7-9,11H,2-6,16H2,1H3,(H,17,18,21)/t9-,11+. The second-order valence-electron chi connectivity index (χ2n) is 5.85. The Morgan fingerprint density at radius 3 is 2.71 bits per heavy atom. The van der Waals surface area contributed by atoms with E-state index in [1.807, 2.05) is 0 Å². The van der Waals surface area contributed by atoms with Gasteiger partial charge in [-0.1, -0.05) is 13.3 Å². The molecule has 3 N–H and O–H groups in total. The van der Waals surface area contributed by atoms with Gasteiger partial charge < -0.3 is 5.73 Å². The minimum atomic E-state index is -0.371. The van der Waals surface area contributed by atoms with Crippen LogP contribution in [0.25, 0.3) is 11.0 Å². The summed E-state index contributed by atoms with van der Waals surface area (Å²) in [5, 5.41) is 0.382. The molecule has 1 aliphatic carbocycles. The molecule has 1 aliphatic rings. The van der Waals surface area contributed by atoms with Crippen molar-refractivity contribution in [3.63, 3.8) is 0 Å². The molecule has 3 rings (SSSR count). The maximum Gasteiger partial charge on any atom is 0.330 e. The highest BCUT2D eigenvalue weighted by molar-refractivity contribution is 5.76. The third-order valence-corrected chi connectivity index (χ3v) is 4.56. The van der Waals surface area contributed by atoms with Gasteiger partial charge in [0.15, 0.2) is 0 Å². The molecule has 0 spiro atoms. The lowest BCUT2D eigenvalue weighted by Crippen LogP contribution is -2.39. The second-order valence-corrected chi connectivity index (χ2v) is 5.85. The normalized spacial score (nSPS) is 22.5. The first-order valence-electron chi connectivity index (χ1n) is 7.50. The average molecular weight is 288 g/mol. The van der Waals surface area contributed by atoms with Gasteiger partial charge in [-0.15, -0.1) is 0 Å². The van der Waals surface area contributed by atoms with E-state index in [1.165, 1.54) is 10.8 Å². The smallest absolute Gasteiger partial charge is 0.330 e. The first-order chi connectivity index (χ1) is 10.1. The summed E-state index contributed by atoms with van der Waals surface area (Å²) in [4.78, 5) is 31.5. The van der Waals surface area contributed by atoms with E-state index >= 15 is 0 Å². The Balaban J connectivity index is 2.07. The van der Waals surface area contributed by atoms with E-state index in [4.69, 9.17) is 5.73 Å². The zero-order valence-corrected chi connectivity index (χ0v) is 12.1. The summed E-state index contributed by atoms with van der Waals surface area (Å²) < 4.78 is 1.36. The summed E-state index contributed by atoms with van der Waals surface area (Å²) in [6.07, 6.45) is 6.50. The van der Waals surface area contributed by atoms with E-state index in [-0.39, 0.29) is 17.3 Å². The molecule has 2 heterocycles. The fraction of sp³-hybridized carbons (Fsp3) is 0.533. The average Bonchev–Trinajstić information content (AvgIpc) is 2.49. The number of aromatic amines is 1. The molecule has 1 fully saturated rings. The van der Waals surface area contributed by atoms with Crippen LogP contribution in [-0.2, 0) is 0 Å². The molecular formula is C15H20N4O2. The van der Waals surface area contributed by atoms with Gasteiger partial charge in [0.1, 0.15) is 5.65 Å². The highest BCUT2D eigenvalue weighted by Gasteiger charge is 2.24. The molecule has 6 nitrogen and oxygen atoms in total. The quantitative estimate of drug-likeness (QED) is 0.881. The zero-order valence-electron chi connectivity index (χ0n) is 12.1. The van der Waals surface area contributed by atoms with E-state index in [0.29, 0.717) is 22.6 Å². The SMILES string of the molecule is CC[C@H]1CC[C@@H](n2c(=O)[nH]c3ncc(N)cc3c2=O)CC1. The summed E-state index contributed by atoms with van der Waals surface area (Å²) in [5.41, 5.74) is 5.77. The summed E-state index contributed by atoms with van der Waals surface area (Å²) in [5.74, 6) is 0.716. The van der Waals surface area contributed by atoms with Crippen molar-refractivity contribution >= 4 is 16.7 Å². The Morgan fingerprint density at radius 2 is 2.05 bits per heavy atom. The topological polar surface area (TPSA) is 93.8 Å². The largest absolute Gasteiger partial charge is 0.397 e. The molecular weight excluding hydrogens is 268 g/mol. The van der Waals surface area contributed by atoms with Crippen molar-refractivity contribution in [2.75, 3.05) is 5.73 Å². The van der Waals surface area contributed by atoms with Gasteiger partial charge in [-0.2, -0.15) is 0 Å². The van der Waals surface area contributed by atoms with Gasteiger partial charge in [-0.05, 0) is 37.7 Å². The van der Waals surface area contributed by atoms with Gasteiger partial charge >= 0.3 is 5.69 Å². The number of aromatic nitrogens is 3. The van der Waals surface area contributed by atoms with E-state index in [9.17, 15) is 9.59 Å². The summed E-state index contributed by atoms with van der Waals surface area (Å²) in [7, 11) is 0. The van der Waals surface area contributed by atoms with Gasteiger partial charge in [0, 0.05) is 6.04 Å². The van der Waals surface area contributed by atoms with Crippen LogP contribution in [0.3, 0.4) is 0 Å². The Labute approximate surface area is 122 Å². The first kappa shape index (κ1) is 13.9. The Bertz CT molecular complexity index is 769. The Morgan fingerprint density at radius 1 is 1.33 bits per heavy atom. The molecule has 0 atom stereocenters. The molecule has 0 amide bonds. The molecule has 2 aromatic rings. The van der Waals surface area contributed by atoms with Gasteiger partial charge in [-0.25, -0.2) is 9.78 Å². The van der Waals surface area contributed by atoms with Crippen LogP contribution in [0.4, 0.5) is 5.69 Å². The van der Waals surface area contributed by atoms with Crippen LogP contribution < -0.4 is 17.0 Å². The molecule has 2 aromatic heterocycles. The number of rotatable bonds is 2. The van der Waals surface area contributed by atoms with E-state index in [0.717, 1.165) is 32.1 Å². The monoisotopic (exact) mass is 288 g/mol. The van der Waals surface area contributed by atoms with E-state index in [2.05, 4.69) is 16.9 Å². The predicted octanol–water partition coefficient (Wildman–Crippen LogP) is 1.81. The lowest BCUT2D eigenvalue weighted by atomic mass is 9.84. The van der Waals surface area contributed by atoms with Crippen LogP contribution in [0.15, 0.2) is 21.9 Å². The van der Waals surface area contributed by atoms with E-state index in [1.54, 1.807) is 6.07 Å². The van der Waals surface area contributed by atoms with Gasteiger partial charge in [0.05, 0.1) is 17.3 Å². The van der Waals surface area contributed by atoms with Crippen molar-refractivity contribution in [3.8, 4) is 0 Å². The van der Waals surface area contributed by atoms with Gasteiger partial charge in [0.25, 0.3) is 5.56 Å². The highest BCUT2D eigenvalue weighted by atomic mass is 16.2. The van der Waals surface area contributed by atoms with E-state index < -0.39 is 0 Å². The number of hydrogen-bond donors (Lipinski definition) is 2. The van der Waals surface area contributed by atoms with Crippen LogP contribution >= 0.6 is 0 Å². The molecule has 0 bridgehead atoms. The first-order valence-corrected chi connectivity index (χ1v) is 7.50. The second kappa shape index (κ2) is 5.35. The summed E-state index contributed by atoms with van der Waals surface area (Å²) in [6, 6.07) is 1.56. The van der Waals surface area contributed by atoms with Crippen LogP contribution in [0.5, 0.6) is 0 Å². The van der Waals surface area contributed by atoms with Crippen LogP contribution in [0.2, 0.25) is 0 Å². The number of H-pyrrole nitrogens is 1. The fourth-order valence-corrected chi connectivity index (χ4v) is 3.27. The Kier molecular flexibility index (Phi) is 3.53. The van der Waals surface area contributed by atoms with Crippen molar-refractivity contribution < 1.29 is 0 Å². The van der Waals surface area contributed by atoms with Crippen LogP contribution in [-0.4, -0.2) is 14.5 Å². The minimum absolute atomic E-state index is 0.0186. The summed E-state index contributed by atoms with van der Waals surface area (Å²) >= 11 is 0. The number of nitrogens with zero attached hydrogens (tertiary/aromatic N) is 2. The predicted molar refractivity (Wildman–Crippen MR) is 82.3 cm³/mol. The van der Waals surface area contributed by atoms with Gasteiger partial charge in [0.2, 0.25) is 0 Å². The van der Waals surface area contributed by atoms with Crippen molar-refractivity contribution in [2.45, 2.75) is 45.1 Å². The van der Waals surface area contributed by atoms with Crippen molar-refractivity contribution in [3.05, 3.63) is 33.1 Å². The molecule has 0 saturated heterocycles. The third kappa shape index (κ3) is 2.46. The lowest BCUT2D eigenvalue weighted by Gasteiger charge is -2.28. The molecule has 0 radical (unpaired) electrons. The molecule has 112 valence electrons. The molecule has 6 heteroatoms. The van der Waals surface area contributed by atoms with Gasteiger partial charge in [-0.3, -0.25) is 14.3 Å². The van der Waals surface area contributed by atoms with Crippen LogP contribution in [0, 0.1) is 5.92 Å². The minimum Gasteiger partial charge on any atom is -0.397 e. The Hall–Kier alpha value is -2.11. The van der Waals surface area contributed by atoms with Crippen LogP contribution in [0.1, 0.15) is 45.1 Å². The lowest BCUT2D eigenvalue weighted by molar-refractivity contribution is 0.261. The van der Waals surface area contributed by atoms with Crippen molar-refractivity contribution in [1.82, 2.24) is 14.5 Å². The zero-order chi connectivity index (χ0) is 15.0. The van der Waals surface area contributed by atoms with Crippen molar-refractivity contribution in [1.29, 1.82) is 0 Å². The number of fused-ring (bicyclic) bond motifs is 1. The third-order valence-electron chi connectivity index (χ3n) is 4.56. The number of nitrogen functional groups attached to an aromatic ring is 1. The number of hydrogen-bond acceptors (Lipinski definition) is 4. The fourth-order valence-electron chi connectivity index (χ4n) is 3.27. The number of pyridine rings is 1. The maximum absolute atomic E-state index is 12.6. The number of nitrogens with one attached hydrogen (secondary N) is 1. The molecule has 0 aliphatic heterocycles. The highest BCUT2D eigenvalue weighted by Crippen LogP contribution is 2.32. The van der Waals surface area contributed by atoms with Crippen molar-refractivity contribution in [2.24, 2.45) is 5.92 Å². The molecule has 1 saturated carbocycles. The molecule has 0 unspecified atom stereocenters. The summed E-state index contributed by atoms with van der Waals surface area (Å²) in [6.45, 7) is 2.19. The maximum atomic E-state index is 12.6.